The summed E-state index contributed by atoms with van der Waals surface area (Å²) in [6.07, 6.45) is 0.906. The Morgan fingerprint density at radius 2 is 2.27 bits per heavy atom. The molecule has 0 radical (unpaired) electrons. The van der Waals surface area contributed by atoms with Crippen LogP contribution in [-0.4, -0.2) is 35.9 Å². The van der Waals surface area contributed by atoms with Gasteiger partial charge in [-0.05, 0) is 36.1 Å². The molecule has 1 aliphatic rings. The smallest absolute Gasteiger partial charge is 0.269 e. The van der Waals surface area contributed by atoms with E-state index in [1.165, 1.54) is 4.88 Å². The number of aromatic nitrogens is 2. The van der Waals surface area contributed by atoms with Crippen molar-refractivity contribution in [2.45, 2.75) is 12.6 Å². The number of nitrogens with one attached hydrogen (secondary N) is 2. The van der Waals surface area contributed by atoms with Gasteiger partial charge in [0.25, 0.3) is 5.91 Å². The van der Waals surface area contributed by atoms with Crippen LogP contribution in [0.2, 0.25) is 0 Å². The highest BCUT2D eigenvalue weighted by atomic mass is 32.1. The molecule has 26 heavy (non-hydrogen) atoms. The van der Waals surface area contributed by atoms with E-state index in [0.717, 1.165) is 30.0 Å². The summed E-state index contributed by atoms with van der Waals surface area (Å²) in [6, 6.07) is 13.7. The Labute approximate surface area is 155 Å². The molecular formula is C19H20N4O2S. The molecule has 1 aromatic carbocycles. The van der Waals surface area contributed by atoms with Gasteiger partial charge in [0.2, 0.25) is 0 Å². The number of hydrogen-bond donors (Lipinski definition) is 2. The van der Waals surface area contributed by atoms with Gasteiger partial charge in [-0.15, -0.1) is 11.3 Å². The van der Waals surface area contributed by atoms with E-state index >= 15 is 0 Å². The van der Waals surface area contributed by atoms with Crippen LogP contribution < -0.4 is 15.4 Å². The van der Waals surface area contributed by atoms with Crippen molar-refractivity contribution in [2.24, 2.45) is 0 Å². The predicted octanol–water partition coefficient (Wildman–Crippen LogP) is 2.69. The van der Waals surface area contributed by atoms with E-state index in [9.17, 15) is 4.79 Å². The maximum atomic E-state index is 12.2. The van der Waals surface area contributed by atoms with E-state index in [2.05, 4.69) is 33.2 Å². The summed E-state index contributed by atoms with van der Waals surface area (Å²) in [5, 5.41) is 13.2. The molecule has 7 heteroatoms. The third kappa shape index (κ3) is 3.36. The lowest BCUT2D eigenvalue weighted by atomic mass is 10.1. The molecule has 2 aromatic heterocycles. The third-order valence-corrected chi connectivity index (χ3v) is 5.35. The predicted molar refractivity (Wildman–Crippen MR) is 102 cm³/mol. The number of fused-ring (bicyclic) bond motifs is 1. The average molecular weight is 368 g/mol. The number of thiophene rings is 1. The van der Waals surface area contributed by atoms with Gasteiger partial charge in [-0.2, -0.15) is 5.10 Å². The van der Waals surface area contributed by atoms with Gasteiger partial charge >= 0.3 is 0 Å². The fourth-order valence-electron chi connectivity index (χ4n) is 3.07. The van der Waals surface area contributed by atoms with Gasteiger partial charge < -0.3 is 10.1 Å². The minimum absolute atomic E-state index is 0.0537. The van der Waals surface area contributed by atoms with Gasteiger partial charge in [-0.3, -0.25) is 10.1 Å². The lowest BCUT2D eigenvalue weighted by Gasteiger charge is -2.25. The lowest BCUT2D eigenvalue weighted by molar-refractivity contribution is 0.0901. The zero-order chi connectivity index (χ0) is 17.9. The Bertz CT molecular complexity index is 904. The number of amides is 1. The molecule has 1 aliphatic heterocycles. The van der Waals surface area contributed by atoms with E-state index < -0.39 is 0 Å². The van der Waals surface area contributed by atoms with Crippen LogP contribution in [0, 0.1) is 0 Å². The molecule has 3 aromatic rings. The van der Waals surface area contributed by atoms with Gasteiger partial charge in [-0.1, -0.05) is 18.2 Å². The molecule has 6 nitrogen and oxygen atoms in total. The number of benzene rings is 1. The lowest BCUT2D eigenvalue weighted by Crippen LogP contribution is -2.45. The minimum atomic E-state index is -0.0945. The van der Waals surface area contributed by atoms with Crippen LogP contribution >= 0.6 is 11.3 Å². The molecule has 0 saturated carbocycles. The fourth-order valence-corrected chi connectivity index (χ4v) is 3.78. The number of carbonyl (C=O) groups is 1. The fraction of sp³-hybridized carbons (Fsp3) is 0.263. The maximum absolute atomic E-state index is 12.2. The molecule has 0 saturated heterocycles. The van der Waals surface area contributed by atoms with Crippen LogP contribution in [0.4, 0.5) is 0 Å². The third-order valence-electron chi connectivity index (χ3n) is 4.42. The number of rotatable bonds is 6. The van der Waals surface area contributed by atoms with E-state index in [-0.39, 0.29) is 12.1 Å². The topological polar surface area (TPSA) is 68.2 Å². The minimum Gasteiger partial charge on any atom is -0.497 e. The largest absolute Gasteiger partial charge is 0.497 e. The van der Waals surface area contributed by atoms with Crippen molar-refractivity contribution in [1.82, 2.24) is 20.4 Å². The number of hydrogen-bond acceptors (Lipinski definition) is 5. The number of methoxy groups -OCH3 is 1. The van der Waals surface area contributed by atoms with Crippen molar-refractivity contribution < 1.29 is 9.53 Å². The van der Waals surface area contributed by atoms with Crippen molar-refractivity contribution in [3.05, 3.63) is 58.4 Å². The van der Waals surface area contributed by atoms with Crippen LogP contribution in [0.5, 0.6) is 5.75 Å². The van der Waals surface area contributed by atoms with Gasteiger partial charge in [0.15, 0.2) is 0 Å². The molecule has 2 N–H and O–H groups in total. The zero-order valence-electron chi connectivity index (χ0n) is 14.4. The maximum Gasteiger partial charge on any atom is 0.269 e. The zero-order valence-corrected chi connectivity index (χ0v) is 15.3. The Hall–Kier alpha value is -2.64. The second-order valence-corrected chi connectivity index (χ2v) is 7.13. The SMILES string of the molecule is COc1cccc(-c2cc3n(n2)[C@@H](NCCc2cccs2)CNC3=O)c1. The normalized spacial score (nSPS) is 16.2. The second-order valence-electron chi connectivity index (χ2n) is 6.10. The standard InChI is InChI=1S/C19H20N4O2S/c1-25-14-5-2-4-13(10-14)16-11-17-19(24)21-12-18(23(17)22-16)20-8-7-15-6-3-9-26-15/h2-6,9-11,18,20H,7-8,12H2,1H3,(H,21,24)/t18-/m1/s1. The van der Waals surface area contributed by atoms with Crippen molar-refractivity contribution in [1.29, 1.82) is 0 Å². The average Bonchev–Trinajstić information content (AvgIpc) is 3.34. The summed E-state index contributed by atoms with van der Waals surface area (Å²) in [6.45, 7) is 1.35. The molecule has 3 heterocycles. The van der Waals surface area contributed by atoms with Crippen LogP contribution in [0.3, 0.4) is 0 Å². The molecule has 134 valence electrons. The van der Waals surface area contributed by atoms with Crippen LogP contribution in [0.1, 0.15) is 21.5 Å². The van der Waals surface area contributed by atoms with E-state index in [4.69, 9.17) is 4.74 Å². The number of nitrogens with zero attached hydrogens (tertiary/aromatic N) is 2. The highest BCUT2D eigenvalue weighted by molar-refractivity contribution is 7.09. The monoisotopic (exact) mass is 368 g/mol. The second kappa shape index (κ2) is 7.31. The first-order valence-corrected chi connectivity index (χ1v) is 9.40. The number of ether oxygens (including phenoxy) is 1. The van der Waals surface area contributed by atoms with Crippen LogP contribution in [0.25, 0.3) is 11.3 Å². The van der Waals surface area contributed by atoms with Crippen molar-refractivity contribution in [3.63, 3.8) is 0 Å². The molecular weight excluding hydrogens is 348 g/mol. The van der Waals surface area contributed by atoms with Gasteiger partial charge in [0.1, 0.15) is 17.6 Å². The van der Waals surface area contributed by atoms with Crippen molar-refractivity contribution in [3.8, 4) is 17.0 Å². The molecule has 0 unspecified atom stereocenters. The molecule has 1 amide bonds. The Balaban J connectivity index is 1.55. The highest BCUT2D eigenvalue weighted by Crippen LogP contribution is 2.25. The van der Waals surface area contributed by atoms with Crippen molar-refractivity contribution >= 4 is 17.2 Å². The summed E-state index contributed by atoms with van der Waals surface area (Å²) in [5.41, 5.74) is 2.26. The molecule has 4 rings (SSSR count). The molecule has 0 bridgehead atoms. The molecule has 0 fully saturated rings. The van der Waals surface area contributed by atoms with E-state index in [0.29, 0.717) is 12.2 Å². The molecule has 0 spiro atoms. The summed E-state index contributed by atoms with van der Waals surface area (Å²) >= 11 is 1.76. The first kappa shape index (κ1) is 16.8. The van der Waals surface area contributed by atoms with Crippen LogP contribution in [0.15, 0.2) is 47.8 Å². The van der Waals surface area contributed by atoms with E-state index in [1.807, 2.05) is 30.3 Å². The van der Waals surface area contributed by atoms with Gasteiger partial charge in [0.05, 0.1) is 19.3 Å². The molecule has 0 aliphatic carbocycles. The van der Waals surface area contributed by atoms with Crippen LogP contribution in [-0.2, 0) is 6.42 Å². The summed E-state index contributed by atoms with van der Waals surface area (Å²) < 4.78 is 7.08. The highest BCUT2D eigenvalue weighted by Gasteiger charge is 2.27. The van der Waals surface area contributed by atoms with Gasteiger partial charge in [-0.25, -0.2) is 4.68 Å². The van der Waals surface area contributed by atoms with Crippen molar-refractivity contribution in [2.75, 3.05) is 20.2 Å². The number of carbonyl (C=O) groups excluding carboxylic acids is 1. The quantitative estimate of drug-likeness (QED) is 0.702. The Morgan fingerprint density at radius 1 is 1.35 bits per heavy atom. The Morgan fingerprint density at radius 3 is 3.08 bits per heavy atom. The first-order chi connectivity index (χ1) is 12.7. The Kier molecular flexibility index (Phi) is 4.73. The first-order valence-electron chi connectivity index (χ1n) is 8.52. The summed E-state index contributed by atoms with van der Waals surface area (Å²) in [7, 11) is 1.64. The van der Waals surface area contributed by atoms with E-state index in [1.54, 1.807) is 23.1 Å². The van der Waals surface area contributed by atoms with Gasteiger partial charge in [0, 0.05) is 17.0 Å². The molecule has 1 atom stereocenters. The summed E-state index contributed by atoms with van der Waals surface area (Å²) in [5.74, 6) is 0.673. The summed E-state index contributed by atoms with van der Waals surface area (Å²) in [4.78, 5) is 13.6.